The summed E-state index contributed by atoms with van der Waals surface area (Å²) in [6.07, 6.45) is -2.52. The standard InChI is InChI=1S/C9H11IN2O5/c10-3-4-6(14)7(15)8(17-4)12-2-1-5(13)11-9(12)16/h1-2,4,6-8,14-15H,3H2,(H,11,13,16). The molecule has 1 aromatic rings. The summed E-state index contributed by atoms with van der Waals surface area (Å²) in [4.78, 5) is 24.5. The summed E-state index contributed by atoms with van der Waals surface area (Å²) in [5.74, 6) is 0. The van der Waals surface area contributed by atoms with Gasteiger partial charge in [0, 0.05) is 16.7 Å². The molecular formula is C9H11IN2O5. The minimum atomic E-state index is -1.20. The molecule has 0 amide bonds. The molecule has 8 heteroatoms. The van der Waals surface area contributed by atoms with Gasteiger partial charge in [-0.3, -0.25) is 14.3 Å². The summed E-state index contributed by atoms with van der Waals surface area (Å²) < 4.78 is 6.92. The molecule has 1 fully saturated rings. The fourth-order valence-electron chi connectivity index (χ4n) is 1.71. The molecule has 0 aliphatic carbocycles. The van der Waals surface area contributed by atoms with E-state index in [9.17, 15) is 19.8 Å². The molecule has 94 valence electrons. The van der Waals surface area contributed by atoms with E-state index in [0.717, 1.165) is 10.6 Å². The molecule has 7 nitrogen and oxygen atoms in total. The summed E-state index contributed by atoms with van der Waals surface area (Å²) in [7, 11) is 0. The van der Waals surface area contributed by atoms with Crippen LogP contribution in [-0.4, -0.2) is 42.5 Å². The molecule has 3 N–H and O–H groups in total. The van der Waals surface area contributed by atoms with E-state index in [2.05, 4.69) is 4.98 Å². The van der Waals surface area contributed by atoms with E-state index in [4.69, 9.17) is 4.74 Å². The van der Waals surface area contributed by atoms with Gasteiger partial charge in [-0.15, -0.1) is 0 Å². The van der Waals surface area contributed by atoms with E-state index >= 15 is 0 Å². The topological polar surface area (TPSA) is 105 Å². The lowest BCUT2D eigenvalue weighted by Crippen LogP contribution is -2.37. The number of aromatic nitrogens is 2. The molecule has 1 aliphatic heterocycles. The Balaban J connectivity index is 2.35. The van der Waals surface area contributed by atoms with E-state index in [1.807, 2.05) is 22.6 Å². The average molecular weight is 354 g/mol. The van der Waals surface area contributed by atoms with E-state index in [-0.39, 0.29) is 0 Å². The summed E-state index contributed by atoms with van der Waals surface area (Å²) in [6.45, 7) is 0. The Morgan fingerprint density at radius 1 is 1.41 bits per heavy atom. The third-order valence-corrected chi connectivity index (χ3v) is 3.48. The molecular weight excluding hydrogens is 343 g/mol. The van der Waals surface area contributed by atoms with Gasteiger partial charge in [0.05, 0.1) is 6.10 Å². The number of aromatic amines is 1. The van der Waals surface area contributed by atoms with Crippen molar-refractivity contribution < 1.29 is 14.9 Å². The van der Waals surface area contributed by atoms with Crippen LogP contribution >= 0.6 is 22.6 Å². The highest BCUT2D eigenvalue weighted by atomic mass is 127. The SMILES string of the molecule is O=c1ccn(C2OC(CI)C(O)C2O)c(=O)[nH]1. The number of nitrogens with zero attached hydrogens (tertiary/aromatic N) is 1. The molecule has 4 atom stereocenters. The van der Waals surface area contributed by atoms with Crippen molar-refractivity contribution in [3.63, 3.8) is 0 Å². The second-order valence-electron chi connectivity index (χ2n) is 3.72. The summed E-state index contributed by atoms with van der Waals surface area (Å²) in [5, 5.41) is 19.4. The van der Waals surface area contributed by atoms with Gasteiger partial charge in [-0.05, 0) is 0 Å². The lowest BCUT2D eigenvalue weighted by molar-refractivity contribution is -0.0335. The first-order chi connectivity index (χ1) is 8.04. The van der Waals surface area contributed by atoms with Crippen molar-refractivity contribution in [2.75, 3.05) is 4.43 Å². The van der Waals surface area contributed by atoms with Gasteiger partial charge in [0.15, 0.2) is 6.23 Å². The molecule has 0 aromatic carbocycles. The maximum Gasteiger partial charge on any atom is 0.330 e. The van der Waals surface area contributed by atoms with Crippen LogP contribution in [0.5, 0.6) is 0 Å². The smallest absolute Gasteiger partial charge is 0.330 e. The van der Waals surface area contributed by atoms with Crippen molar-refractivity contribution in [2.24, 2.45) is 0 Å². The van der Waals surface area contributed by atoms with E-state index in [1.165, 1.54) is 6.20 Å². The maximum absolute atomic E-state index is 11.5. The molecule has 0 spiro atoms. The molecule has 0 saturated carbocycles. The number of aliphatic hydroxyl groups is 2. The van der Waals surface area contributed by atoms with Gasteiger partial charge in [-0.2, -0.15) is 0 Å². The Morgan fingerprint density at radius 2 is 2.12 bits per heavy atom. The normalized spacial score (nSPS) is 32.9. The molecule has 4 unspecified atom stereocenters. The van der Waals surface area contributed by atoms with Crippen molar-refractivity contribution in [3.8, 4) is 0 Å². The van der Waals surface area contributed by atoms with Crippen molar-refractivity contribution in [1.29, 1.82) is 0 Å². The average Bonchev–Trinajstić information content (AvgIpc) is 2.57. The van der Waals surface area contributed by atoms with Crippen LogP contribution in [0.4, 0.5) is 0 Å². The first-order valence-corrected chi connectivity index (χ1v) is 6.46. The molecule has 0 bridgehead atoms. The van der Waals surface area contributed by atoms with E-state index in [0.29, 0.717) is 4.43 Å². The second-order valence-corrected chi connectivity index (χ2v) is 4.60. The number of alkyl halides is 1. The Morgan fingerprint density at radius 3 is 2.65 bits per heavy atom. The highest BCUT2D eigenvalue weighted by Crippen LogP contribution is 2.28. The van der Waals surface area contributed by atoms with Gasteiger partial charge in [0.25, 0.3) is 5.56 Å². The van der Waals surface area contributed by atoms with Gasteiger partial charge in [-0.25, -0.2) is 4.79 Å². The number of nitrogens with one attached hydrogen (secondary N) is 1. The minimum absolute atomic E-state index is 0.491. The number of rotatable bonds is 2. The Hall–Kier alpha value is -0.710. The lowest BCUT2D eigenvalue weighted by Gasteiger charge is -2.16. The summed E-state index contributed by atoms with van der Waals surface area (Å²) in [5.41, 5.74) is -1.20. The minimum Gasteiger partial charge on any atom is -0.387 e. The van der Waals surface area contributed by atoms with Gasteiger partial charge < -0.3 is 14.9 Å². The zero-order valence-corrected chi connectivity index (χ0v) is 10.8. The van der Waals surface area contributed by atoms with Crippen molar-refractivity contribution in [1.82, 2.24) is 9.55 Å². The van der Waals surface area contributed by atoms with Gasteiger partial charge >= 0.3 is 5.69 Å². The van der Waals surface area contributed by atoms with Crippen LogP contribution in [-0.2, 0) is 4.74 Å². The Kier molecular flexibility index (Phi) is 3.66. The number of hydrogen-bond acceptors (Lipinski definition) is 5. The lowest BCUT2D eigenvalue weighted by atomic mass is 10.1. The van der Waals surface area contributed by atoms with Crippen LogP contribution in [0.25, 0.3) is 0 Å². The first kappa shape index (κ1) is 12.7. The predicted octanol–water partition coefficient (Wildman–Crippen LogP) is -1.41. The fourth-order valence-corrected chi connectivity index (χ4v) is 2.44. The molecule has 1 aromatic heterocycles. The van der Waals surface area contributed by atoms with Gasteiger partial charge in [0.1, 0.15) is 12.2 Å². The Bertz CT molecular complexity index is 513. The van der Waals surface area contributed by atoms with Crippen LogP contribution in [0.3, 0.4) is 0 Å². The fraction of sp³-hybridized carbons (Fsp3) is 0.556. The molecule has 1 aliphatic rings. The molecule has 1 saturated heterocycles. The third kappa shape index (κ3) is 2.30. The number of H-pyrrole nitrogens is 1. The van der Waals surface area contributed by atoms with Crippen LogP contribution < -0.4 is 11.2 Å². The van der Waals surface area contributed by atoms with Crippen molar-refractivity contribution in [2.45, 2.75) is 24.5 Å². The van der Waals surface area contributed by atoms with Crippen LogP contribution in [0, 0.1) is 0 Å². The predicted molar refractivity (Wildman–Crippen MR) is 66.1 cm³/mol. The number of ether oxygens (including phenoxy) is 1. The molecule has 0 radical (unpaired) electrons. The number of hydrogen-bond donors (Lipinski definition) is 3. The largest absolute Gasteiger partial charge is 0.387 e. The maximum atomic E-state index is 11.5. The van der Waals surface area contributed by atoms with Gasteiger partial charge in [0.2, 0.25) is 0 Å². The molecule has 17 heavy (non-hydrogen) atoms. The van der Waals surface area contributed by atoms with Crippen LogP contribution in [0.1, 0.15) is 6.23 Å². The highest BCUT2D eigenvalue weighted by Gasteiger charge is 2.43. The number of halogens is 1. The number of aliphatic hydroxyl groups excluding tert-OH is 2. The zero-order chi connectivity index (χ0) is 12.6. The Labute approximate surface area is 109 Å². The zero-order valence-electron chi connectivity index (χ0n) is 8.62. The van der Waals surface area contributed by atoms with Crippen LogP contribution in [0.2, 0.25) is 0 Å². The van der Waals surface area contributed by atoms with Crippen molar-refractivity contribution >= 4 is 22.6 Å². The molecule has 2 rings (SSSR count). The van der Waals surface area contributed by atoms with E-state index < -0.39 is 35.8 Å². The highest BCUT2D eigenvalue weighted by molar-refractivity contribution is 14.1. The summed E-state index contributed by atoms with van der Waals surface area (Å²) >= 11 is 2.02. The quantitative estimate of drug-likeness (QED) is 0.447. The third-order valence-electron chi connectivity index (χ3n) is 2.61. The molecule has 2 heterocycles. The first-order valence-electron chi connectivity index (χ1n) is 4.93. The van der Waals surface area contributed by atoms with Crippen LogP contribution in [0.15, 0.2) is 21.9 Å². The van der Waals surface area contributed by atoms with Crippen molar-refractivity contribution in [3.05, 3.63) is 33.1 Å². The van der Waals surface area contributed by atoms with E-state index in [1.54, 1.807) is 0 Å². The second kappa shape index (κ2) is 4.88. The monoisotopic (exact) mass is 354 g/mol. The van der Waals surface area contributed by atoms with Gasteiger partial charge in [-0.1, -0.05) is 22.6 Å². The summed E-state index contributed by atoms with van der Waals surface area (Å²) in [6, 6.07) is 1.15.